The highest BCUT2D eigenvalue weighted by atomic mass is 19.1. The molecule has 0 saturated carbocycles. The van der Waals surface area contributed by atoms with Crippen LogP contribution in [0.4, 0.5) is 10.1 Å². The van der Waals surface area contributed by atoms with E-state index in [1.807, 2.05) is 17.0 Å². The van der Waals surface area contributed by atoms with Crippen molar-refractivity contribution in [2.24, 2.45) is 0 Å². The van der Waals surface area contributed by atoms with Crippen molar-refractivity contribution < 1.29 is 28.9 Å². The SMILES string of the molecule is COC(O)N1c2ccc3c(nc(CC(C(=O)O)c4cccc(F)c4)n3C3CCCOC3)c2CC[C@@H]1C. The molecule has 1 aromatic heterocycles. The summed E-state index contributed by atoms with van der Waals surface area (Å²) in [4.78, 5) is 19.2. The molecule has 0 bridgehead atoms. The highest BCUT2D eigenvalue weighted by Crippen LogP contribution is 2.39. The van der Waals surface area contributed by atoms with Crippen LogP contribution in [-0.4, -0.2) is 58.5 Å². The lowest BCUT2D eigenvalue weighted by molar-refractivity contribution is -0.138. The van der Waals surface area contributed by atoms with Crippen LogP contribution in [0.1, 0.15) is 55.1 Å². The first kappa shape index (κ1) is 24.7. The second-order valence-corrected chi connectivity index (χ2v) is 9.71. The van der Waals surface area contributed by atoms with Gasteiger partial charge in [0, 0.05) is 37.4 Å². The van der Waals surface area contributed by atoms with Crippen molar-refractivity contribution in [3.8, 4) is 0 Å². The largest absolute Gasteiger partial charge is 0.481 e. The Labute approximate surface area is 209 Å². The van der Waals surface area contributed by atoms with E-state index < -0.39 is 24.1 Å². The molecule has 36 heavy (non-hydrogen) atoms. The summed E-state index contributed by atoms with van der Waals surface area (Å²) in [5.41, 5.74) is 4.01. The van der Waals surface area contributed by atoms with Gasteiger partial charge < -0.3 is 29.2 Å². The maximum absolute atomic E-state index is 14.0. The van der Waals surface area contributed by atoms with Gasteiger partial charge in [0.2, 0.25) is 6.41 Å². The molecule has 9 heteroatoms. The second kappa shape index (κ2) is 10.2. The van der Waals surface area contributed by atoms with Gasteiger partial charge in [-0.15, -0.1) is 0 Å². The van der Waals surface area contributed by atoms with E-state index in [1.165, 1.54) is 25.3 Å². The first-order chi connectivity index (χ1) is 17.4. The number of carbonyl (C=O) groups is 1. The number of methoxy groups -OCH3 is 1. The Kier molecular flexibility index (Phi) is 6.96. The van der Waals surface area contributed by atoms with Gasteiger partial charge in [0.1, 0.15) is 11.6 Å². The van der Waals surface area contributed by atoms with Gasteiger partial charge in [-0.2, -0.15) is 0 Å². The summed E-state index contributed by atoms with van der Waals surface area (Å²) in [7, 11) is 1.47. The predicted molar refractivity (Wildman–Crippen MR) is 133 cm³/mol. The normalized spacial score (nSPS) is 21.8. The lowest BCUT2D eigenvalue weighted by Gasteiger charge is -2.39. The van der Waals surface area contributed by atoms with Crippen LogP contribution in [0.3, 0.4) is 0 Å². The van der Waals surface area contributed by atoms with E-state index in [4.69, 9.17) is 14.5 Å². The van der Waals surface area contributed by atoms with E-state index in [0.717, 1.165) is 48.0 Å². The third kappa shape index (κ3) is 4.47. The molecule has 1 saturated heterocycles. The zero-order valence-electron chi connectivity index (χ0n) is 20.6. The molecule has 3 heterocycles. The molecule has 1 fully saturated rings. The molecular weight excluding hydrogens is 465 g/mol. The van der Waals surface area contributed by atoms with Crippen LogP contribution in [0, 0.1) is 5.82 Å². The van der Waals surface area contributed by atoms with Gasteiger partial charge in [0.05, 0.1) is 29.6 Å². The fourth-order valence-electron chi connectivity index (χ4n) is 5.66. The van der Waals surface area contributed by atoms with Crippen molar-refractivity contribution in [3.05, 3.63) is 59.2 Å². The summed E-state index contributed by atoms with van der Waals surface area (Å²) in [5, 5.41) is 20.6. The van der Waals surface area contributed by atoms with Crippen molar-refractivity contribution in [1.29, 1.82) is 0 Å². The number of ether oxygens (including phenoxy) is 2. The van der Waals surface area contributed by atoms with E-state index in [2.05, 4.69) is 11.5 Å². The number of aliphatic hydroxyl groups is 1. The number of aliphatic carboxylic acids is 1. The third-order valence-corrected chi connectivity index (χ3v) is 7.47. The van der Waals surface area contributed by atoms with Crippen molar-refractivity contribution in [3.63, 3.8) is 0 Å². The number of aromatic nitrogens is 2. The van der Waals surface area contributed by atoms with Gasteiger partial charge in [-0.3, -0.25) is 4.79 Å². The number of carboxylic acids is 1. The van der Waals surface area contributed by atoms with E-state index in [1.54, 1.807) is 6.07 Å². The predicted octanol–water partition coefficient (Wildman–Crippen LogP) is 4.00. The molecule has 2 aliphatic rings. The van der Waals surface area contributed by atoms with Crippen molar-refractivity contribution in [1.82, 2.24) is 9.55 Å². The molecule has 0 radical (unpaired) electrons. The summed E-state index contributed by atoms with van der Waals surface area (Å²) in [5.74, 6) is -1.79. The maximum atomic E-state index is 14.0. The highest BCUT2D eigenvalue weighted by Gasteiger charge is 2.33. The number of fused-ring (bicyclic) bond motifs is 3. The Hall–Kier alpha value is -3.01. The van der Waals surface area contributed by atoms with Gasteiger partial charge in [-0.25, -0.2) is 9.37 Å². The molecule has 0 aliphatic carbocycles. The number of hydrogen-bond acceptors (Lipinski definition) is 6. The Bertz CT molecular complexity index is 1260. The molecule has 3 aromatic rings. The van der Waals surface area contributed by atoms with E-state index in [-0.39, 0.29) is 18.5 Å². The minimum atomic E-state index is -1.07. The molecular formula is C27H32FN3O5. The number of anilines is 1. The maximum Gasteiger partial charge on any atom is 0.311 e. The van der Waals surface area contributed by atoms with Crippen molar-refractivity contribution in [2.75, 3.05) is 25.2 Å². The van der Waals surface area contributed by atoms with Gasteiger partial charge in [-0.1, -0.05) is 12.1 Å². The Morgan fingerprint density at radius 1 is 1.31 bits per heavy atom. The number of hydrogen-bond donors (Lipinski definition) is 2. The summed E-state index contributed by atoms with van der Waals surface area (Å²) in [6.07, 6.45) is 2.46. The molecule has 0 spiro atoms. The van der Waals surface area contributed by atoms with Crippen LogP contribution < -0.4 is 4.90 Å². The highest BCUT2D eigenvalue weighted by molar-refractivity contribution is 5.87. The minimum Gasteiger partial charge on any atom is -0.481 e. The quantitative estimate of drug-likeness (QED) is 0.476. The van der Waals surface area contributed by atoms with Crippen LogP contribution in [0.15, 0.2) is 36.4 Å². The van der Waals surface area contributed by atoms with E-state index in [9.17, 15) is 19.4 Å². The smallest absolute Gasteiger partial charge is 0.311 e. The number of halogens is 1. The average molecular weight is 498 g/mol. The number of imidazole rings is 1. The first-order valence-electron chi connectivity index (χ1n) is 12.5. The number of carboxylic acid groups (broad SMARTS) is 1. The van der Waals surface area contributed by atoms with Crippen LogP contribution >= 0.6 is 0 Å². The summed E-state index contributed by atoms with van der Waals surface area (Å²) >= 11 is 0. The van der Waals surface area contributed by atoms with Crippen LogP contribution in [-0.2, 0) is 27.1 Å². The molecule has 2 N–H and O–H groups in total. The molecule has 8 nitrogen and oxygen atoms in total. The molecule has 192 valence electrons. The van der Waals surface area contributed by atoms with Crippen molar-refractivity contribution >= 4 is 22.7 Å². The van der Waals surface area contributed by atoms with E-state index in [0.29, 0.717) is 24.6 Å². The van der Waals surface area contributed by atoms with Gasteiger partial charge in [0.25, 0.3) is 0 Å². The fraction of sp³-hybridized carbons (Fsp3) is 0.481. The summed E-state index contributed by atoms with van der Waals surface area (Å²) in [6, 6.07) is 9.86. The topological polar surface area (TPSA) is 97.0 Å². The van der Waals surface area contributed by atoms with Crippen LogP contribution in [0.2, 0.25) is 0 Å². The summed E-state index contributed by atoms with van der Waals surface area (Å²) in [6.45, 7) is 3.28. The van der Waals surface area contributed by atoms with Gasteiger partial charge >= 0.3 is 5.97 Å². The number of nitrogens with zero attached hydrogens (tertiary/aromatic N) is 3. The second-order valence-electron chi connectivity index (χ2n) is 9.71. The molecule has 2 aromatic carbocycles. The number of aliphatic hydroxyl groups excluding tert-OH is 1. The molecule has 5 rings (SSSR count). The van der Waals surface area contributed by atoms with Crippen molar-refractivity contribution in [2.45, 2.75) is 63.4 Å². The molecule has 2 aliphatic heterocycles. The number of rotatable bonds is 7. The van der Waals surface area contributed by atoms with Crippen LogP contribution in [0.25, 0.3) is 11.0 Å². The lowest BCUT2D eigenvalue weighted by atomic mass is 9.95. The fourth-order valence-corrected chi connectivity index (χ4v) is 5.66. The first-order valence-corrected chi connectivity index (χ1v) is 12.5. The number of benzene rings is 2. The zero-order valence-corrected chi connectivity index (χ0v) is 20.6. The molecule has 0 amide bonds. The Morgan fingerprint density at radius 3 is 2.83 bits per heavy atom. The van der Waals surface area contributed by atoms with Gasteiger partial charge in [0.15, 0.2) is 0 Å². The standard InChI is InChI=1S/C27H32FN3O5/c1-16-8-9-20-22(30(16)27(34)35-2)10-11-23-25(20)29-24(31(23)19-7-4-12-36-15-19)14-21(26(32)33)17-5-3-6-18(28)13-17/h3,5-6,10-11,13,16,19,21,27,34H,4,7-9,12,14-15H2,1-2H3,(H,32,33)/t16-,19?,21?,27?/m0/s1. The lowest BCUT2D eigenvalue weighted by Crippen LogP contribution is -2.45. The third-order valence-electron chi connectivity index (χ3n) is 7.47. The average Bonchev–Trinajstić information content (AvgIpc) is 3.25. The molecule has 3 unspecified atom stereocenters. The van der Waals surface area contributed by atoms with Gasteiger partial charge in [-0.05, 0) is 62.4 Å². The Morgan fingerprint density at radius 2 is 2.14 bits per heavy atom. The minimum absolute atomic E-state index is 0.0296. The summed E-state index contributed by atoms with van der Waals surface area (Å²) < 4.78 is 27.1. The monoisotopic (exact) mass is 497 g/mol. The van der Waals surface area contributed by atoms with Crippen LogP contribution in [0.5, 0.6) is 0 Å². The van der Waals surface area contributed by atoms with E-state index >= 15 is 0 Å². The number of aryl methyl sites for hydroxylation is 1. The Balaban J connectivity index is 1.65. The molecule has 4 atom stereocenters. The zero-order chi connectivity index (χ0) is 25.4.